The van der Waals surface area contributed by atoms with Gasteiger partial charge in [0.05, 0.1) is 22.6 Å². The van der Waals surface area contributed by atoms with Crippen molar-refractivity contribution in [3.8, 4) is 34.7 Å². The summed E-state index contributed by atoms with van der Waals surface area (Å²) in [5, 5.41) is 26.7. The van der Waals surface area contributed by atoms with Crippen LogP contribution in [0.3, 0.4) is 0 Å². The van der Waals surface area contributed by atoms with Crippen LogP contribution in [0.5, 0.6) is 5.75 Å². The van der Waals surface area contributed by atoms with E-state index in [4.69, 9.17) is 26.0 Å². The molecule has 1 saturated carbocycles. The molecule has 1 aliphatic carbocycles. The molecule has 0 spiro atoms. The summed E-state index contributed by atoms with van der Waals surface area (Å²) in [7, 11) is 0. The third-order valence-corrected chi connectivity index (χ3v) is 6.39. The summed E-state index contributed by atoms with van der Waals surface area (Å²) in [5.74, 6) is 0.231. The van der Waals surface area contributed by atoms with Crippen molar-refractivity contribution < 1.29 is 19.2 Å². The second-order valence-corrected chi connectivity index (χ2v) is 9.40. The molecule has 0 radical (unpaired) electrons. The smallest absolute Gasteiger partial charge is 0.306 e. The second kappa shape index (κ2) is 10.9. The Hall–Kier alpha value is -3.41. The maximum absolute atomic E-state index is 11.1. The first-order chi connectivity index (χ1) is 16.8. The van der Waals surface area contributed by atoms with E-state index < -0.39 is 5.97 Å². The molecule has 0 unspecified atom stereocenters. The summed E-state index contributed by atoms with van der Waals surface area (Å²) >= 11 is 6.54. The summed E-state index contributed by atoms with van der Waals surface area (Å²) in [6.07, 6.45) is 3.07. The zero-order chi connectivity index (χ0) is 24.9. The highest BCUT2D eigenvalue weighted by molar-refractivity contribution is 6.33. The highest BCUT2D eigenvalue weighted by Gasteiger charge is 2.25. The molecule has 1 fully saturated rings. The van der Waals surface area contributed by atoms with Crippen molar-refractivity contribution in [1.29, 1.82) is 5.26 Å². The van der Waals surface area contributed by atoms with Gasteiger partial charge < -0.3 is 19.7 Å². The van der Waals surface area contributed by atoms with Crippen molar-refractivity contribution in [3.05, 3.63) is 52.5 Å². The van der Waals surface area contributed by atoms with Gasteiger partial charge in [0, 0.05) is 23.7 Å². The molecule has 0 bridgehead atoms. The Morgan fingerprint density at radius 2 is 2.03 bits per heavy atom. The predicted octanol–water partition coefficient (Wildman–Crippen LogP) is 5.45. The number of nitrogens with zero attached hydrogens (tertiary/aromatic N) is 3. The van der Waals surface area contributed by atoms with Crippen molar-refractivity contribution in [2.45, 2.75) is 58.2 Å². The van der Waals surface area contributed by atoms with Gasteiger partial charge in [-0.1, -0.05) is 22.8 Å². The Balaban J connectivity index is 1.42. The third-order valence-electron chi connectivity index (χ3n) is 6.08. The number of hydrogen-bond acceptors (Lipinski definition) is 7. The quantitative estimate of drug-likeness (QED) is 0.424. The van der Waals surface area contributed by atoms with E-state index >= 15 is 0 Å². The zero-order valence-electron chi connectivity index (χ0n) is 19.6. The molecule has 0 amide bonds. The minimum absolute atomic E-state index is 0.0461. The van der Waals surface area contributed by atoms with Crippen LogP contribution in [0.15, 0.2) is 40.9 Å². The Kier molecular flexibility index (Phi) is 7.69. The van der Waals surface area contributed by atoms with Crippen LogP contribution in [0.4, 0.5) is 0 Å². The van der Waals surface area contributed by atoms with Crippen molar-refractivity contribution in [2.24, 2.45) is 5.92 Å². The van der Waals surface area contributed by atoms with Crippen LogP contribution < -0.4 is 10.1 Å². The predicted molar refractivity (Wildman–Crippen MR) is 131 cm³/mol. The highest BCUT2D eigenvalue weighted by Crippen LogP contribution is 2.31. The van der Waals surface area contributed by atoms with Crippen LogP contribution in [0.25, 0.3) is 22.8 Å². The molecule has 8 nitrogen and oxygen atoms in total. The molecule has 2 aromatic carbocycles. The number of aromatic nitrogens is 2. The number of nitriles is 1. The number of halogens is 1. The third kappa shape index (κ3) is 5.99. The number of aliphatic carboxylic acids is 1. The Labute approximate surface area is 208 Å². The van der Waals surface area contributed by atoms with E-state index in [-0.39, 0.29) is 17.9 Å². The second-order valence-electron chi connectivity index (χ2n) is 8.99. The van der Waals surface area contributed by atoms with Gasteiger partial charge >= 0.3 is 5.97 Å². The lowest BCUT2D eigenvalue weighted by molar-refractivity contribution is -0.142. The maximum atomic E-state index is 11.1. The van der Waals surface area contributed by atoms with Crippen LogP contribution in [-0.2, 0) is 11.3 Å². The number of hydrogen-bond donors (Lipinski definition) is 2. The van der Waals surface area contributed by atoms with Crippen molar-refractivity contribution in [3.63, 3.8) is 0 Å². The first-order valence-electron chi connectivity index (χ1n) is 11.6. The fourth-order valence-corrected chi connectivity index (χ4v) is 4.50. The molecule has 35 heavy (non-hydrogen) atoms. The fraction of sp³-hybridized carbons (Fsp3) is 0.385. The molecular weight excluding hydrogens is 468 g/mol. The number of carbonyl (C=O) groups is 1. The number of benzene rings is 2. The summed E-state index contributed by atoms with van der Waals surface area (Å²) in [5.41, 5.74) is 2.67. The summed E-state index contributed by atoms with van der Waals surface area (Å²) in [6, 6.07) is 13.3. The van der Waals surface area contributed by atoms with Crippen molar-refractivity contribution >= 4 is 17.6 Å². The van der Waals surface area contributed by atoms with E-state index in [2.05, 4.69) is 21.5 Å². The van der Waals surface area contributed by atoms with Crippen LogP contribution in [-0.4, -0.2) is 33.4 Å². The van der Waals surface area contributed by atoms with Gasteiger partial charge in [-0.2, -0.15) is 10.2 Å². The first-order valence-corrected chi connectivity index (χ1v) is 12.0. The number of carboxylic acid groups (broad SMARTS) is 1. The zero-order valence-corrected chi connectivity index (χ0v) is 20.4. The number of nitrogens with one attached hydrogen (secondary N) is 1. The van der Waals surface area contributed by atoms with Crippen LogP contribution >= 0.6 is 11.6 Å². The van der Waals surface area contributed by atoms with E-state index in [1.54, 1.807) is 18.2 Å². The molecule has 2 N–H and O–H groups in total. The van der Waals surface area contributed by atoms with E-state index in [1.807, 2.05) is 32.0 Å². The van der Waals surface area contributed by atoms with E-state index in [0.717, 1.165) is 18.4 Å². The summed E-state index contributed by atoms with van der Waals surface area (Å²) in [6.45, 7) is 4.44. The Morgan fingerprint density at radius 1 is 1.26 bits per heavy atom. The lowest BCUT2D eigenvalue weighted by Crippen LogP contribution is -2.34. The van der Waals surface area contributed by atoms with Gasteiger partial charge in [0.1, 0.15) is 11.8 Å². The molecule has 0 aliphatic heterocycles. The van der Waals surface area contributed by atoms with Crippen LogP contribution in [0, 0.1) is 17.2 Å². The number of ether oxygens (including phenoxy) is 1. The average molecular weight is 495 g/mol. The lowest BCUT2D eigenvalue weighted by Gasteiger charge is -2.27. The van der Waals surface area contributed by atoms with Gasteiger partial charge in [0.15, 0.2) is 0 Å². The molecule has 0 atom stereocenters. The molecule has 4 rings (SSSR count). The number of rotatable bonds is 8. The molecule has 1 heterocycles. The van der Waals surface area contributed by atoms with Crippen molar-refractivity contribution in [1.82, 2.24) is 15.5 Å². The summed E-state index contributed by atoms with van der Waals surface area (Å²) < 4.78 is 11.1. The van der Waals surface area contributed by atoms with E-state index in [9.17, 15) is 10.1 Å². The standard InChI is InChI=1S/C26H27ClN4O4/c1-15(2)34-23-10-6-18(12-19(23)13-28)25-30-24(31-35-25)21-9-3-16(11-22(21)27)14-29-20-7-4-17(5-8-20)26(32)33/h3,6,9-12,15,17,20,29H,4-5,7-8,14H2,1-2H3,(H,32,33). The van der Waals surface area contributed by atoms with Gasteiger partial charge in [-0.25, -0.2) is 0 Å². The molecule has 0 saturated heterocycles. The number of carboxylic acids is 1. The minimum atomic E-state index is -0.696. The van der Waals surface area contributed by atoms with E-state index in [0.29, 0.717) is 58.7 Å². The van der Waals surface area contributed by atoms with Gasteiger partial charge in [-0.3, -0.25) is 4.79 Å². The molecule has 1 aliphatic rings. The van der Waals surface area contributed by atoms with Gasteiger partial charge in [-0.15, -0.1) is 0 Å². The molecule has 3 aromatic rings. The Bertz CT molecular complexity index is 1240. The topological polar surface area (TPSA) is 121 Å². The molecule has 1 aromatic heterocycles. The Morgan fingerprint density at radius 3 is 2.69 bits per heavy atom. The molecular formula is C26H27ClN4O4. The first kappa shape index (κ1) is 24.7. The average Bonchev–Trinajstić information content (AvgIpc) is 3.33. The normalized spacial score (nSPS) is 17.8. The minimum Gasteiger partial charge on any atom is -0.490 e. The van der Waals surface area contributed by atoms with E-state index in [1.165, 1.54) is 0 Å². The maximum Gasteiger partial charge on any atom is 0.306 e. The lowest BCUT2D eigenvalue weighted by atomic mass is 9.86. The van der Waals surface area contributed by atoms with Crippen LogP contribution in [0.2, 0.25) is 5.02 Å². The largest absolute Gasteiger partial charge is 0.490 e. The van der Waals surface area contributed by atoms with Crippen LogP contribution in [0.1, 0.15) is 50.7 Å². The van der Waals surface area contributed by atoms with Gasteiger partial charge in [-0.05, 0) is 75.4 Å². The monoisotopic (exact) mass is 494 g/mol. The molecule has 9 heteroatoms. The van der Waals surface area contributed by atoms with Crippen molar-refractivity contribution in [2.75, 3.05) is 0 Å². The summed E-state index contributed by atoms with van der Waals surface area (Å²) in [4.78, 5) is 15.6. The fourth-order valence-electron chi connectivity index (χ4n) is 4.21. The van der Waals surface area contributed by atoms with Gasteiger partial charge in [0.2, 0.25) is 5.82 Å². The van der Waals surface area contributed by atoms with Gasteiger partial charge in [0.25, 0.3) is 5.89 Å². The highest BCUT2D eigenvalue weighted by atomic mass is 35.5. The molecule has 182 valence electrons. The SMILES string of the molecule is CC(C)Oc1ccc(-c2nc(-c3ccc(CNC4CCC(C(=O)O)CC4)cc3Cl)no2)cc1C#N.